The first-order valence-electron chi connectivity index (χ1n) is 7.87. The zero-order valence-corrected chi connectivity index (χ0v) is 13.7. The Labute approximate surface area is 131 Å². The molecule has 122 valence electrons. The highest BCUT2D eigenvalue weighted by Gasteiger charge is 2.34. The second kappa shape index (κ2) is 6.89. The van der Waals surface area contributed by atoms with Crippen LogP contribution in [0.15, 0.2) is 6.33 Å². The number of amides is 2. The van der Waals surface area contributed by atoms with E-state index in [1.54, 1.807) is 11.2 Å². The highest BCUT2D eigenvalue weighted by Crippen LogP contribution is 2.19. The molecule has 1 fully saturated rings. The molecule has 0 aliphatic carbocycles. The number of carbonyl (C=O) groups is 2. The topological polar surface area (TPSA) is 80.1 Å². The summed E-state index contributed by atoms with van der Waals surface area (Å²) in [7, 11) is 0. The monoisotopic (exact) mass is 307 g/mol. The molecule has 1 aromatic rings. The molecular weight excluding hydrogens is 282 g/mol. The maximum Gasteiger partial charge on any atom is 0.243 e. The number of hydrogen-bond acceptors (Lipinski definition) is 4. The lowest BCUT2D eigenvalue weighted by Crippen LogP contribution is -2.50. The molecule has 7 heteroatoms. The molecule has 0 bridgehead atoms. The maximum atomic E-state index is 12.5. The summed E-state index contributed by atoms with van der Waals surface area (Å²) in [5.74, 6) is 0.742. The van der Waals surface area contributed by atoms with Crippen molar-refractivity contribution in [2.45, 2.75) is 59.2 Å². The highest BCUT2D eigenvalue weighted by atomic mass is 16.2. The number of likely N-dealkylation sites (tertiary alicyclic amines) is 1. The maximum absolute atomic E-state index is 12.5. The van der Waals surface area contributed by atoms with E-state index >= 15 is 0 Å². The largest absolute Gasteiger partial charge is 0.347 e. The molecule has 22 heavy (non-hydrogen) atoms. The summed E-state index contributed by atoms with van der Waals surface area (Å²) in [4.78, 5) is 26.2. The smallest absolute Gasteiger partial charge is 0.243 e. The van der Waals surface area contributed by atoms with E-state index in [1.165, 1.54) is 0 Å². The van der Waals surface area contributed by atoms with Gasteiger partial charge in [-0.05, 0) is 26.2 Å². The van der Waals surface area contributed by atoms with E-state index in [0.717, 1.165) is 12.2 Å². The van der Waals surface area contributed by atoms with Crippen LogP contribution >= 0.6 is 0 Å². The summed E-state index contributed by atoms with van der Waals surface area (Å²) in [5, 5.41) is 10.8. The van der Waals surface area contributed by atoms with Gasteiger partial charge in [-0.1, -0.05) is 13.8 Å². The Morgan fingerprint density at radius 3 is 2.64 bits per heavy atom. The molecule has 1 aliphatic heterocycles. The van der Waals surface area contributed by atoms with Crippen molar-refractivity contribution in [3.63, 3.8) is 0 Å². The molecule has 0 radical (unpaired) electrons. The van der Waals surface area contributed by atoms with Crippen LogP contribution in [0.2, 0.25) is 0 Å². The molecule has 0 aromatic carbocycles. The first kappa shape index (κ1) is 16.5. The van der Waals surface area contributed by atoms with Crippen molar-refractivity contribution in [2.75, 3.05) is 6.54 Å². The van der Waals surface area contributed by atoms with Crippen molar-refractivity contribution in [1.29, 1.82) is 0 Å². The molecule has 1 atom stereocenters. The zero-order chi connectivity index (χ0) is 16.3. The quantitative estimate of drug-likeness (QED) is 0.854. The average Bonchev–Trinajstić information content (AvgIpc) is 3.06. The lowest BCUT2D eigenvalue weighted by molar-refractivity contribution is -0.139. The van der Waals surface area contributed by atoms with Crippen LogP contribution in [0, 0.1) is 5.92 Å². The number of nitrogens with zero attached hydrogens (tertiary/aromatic N) is 4. The van der Waals surface area contributed by atoms with E-state index in [-0.39, 0.29) is 23.8 Å². The summed E-state index contributed by atoms with van der Waals surface area (Å²) in [6.45, 7) is 8.99. The van der Waals surface area contributed by atoms with E-state index in [0.29, 0.717) is 19.5 Å². The predicted octanol–water partition coefficient (Wildman–Crippen LogP) is 1.12. The summed E-state index contributed by atoms with van der Waals surface area (Å²) in [6.07, 6.45) is 3.03. The fourth-order valence-corrected chi connectivity index (χ4v) is 2.86. The Kier molecular flexibility index (Phi) is 5.15. The summed E-state index contributed by atoms with van der Waals surface area (Å²) >= 11 is 0. The fraction of sp³-hybridized carbons (Fsp3) is 0.733. The molecule has 1 saturated heterocycles. The first-order valence-corrected chi connectivity index (χ1v) is 7.87. The van der Waals surface area contributed by atoms with E-state index in [1.807, 2.05) is 32.3 Å². The Hall–Kier alpha value is -1.92. The van der Waals surface area contributed by atoms with Gasteiger partial charge in [0.1, 0.15) is 12.4 Å². The third kappa shape index (κ3) is 3.45. The molecule has 2 heterocycles. The first-order chi connectivity index (χ1) is 10.4. The number of carbonyl (C=O) groups excluding carboxylic acids is 2. The molecule has 2 rings (SSSR count). The van der Waals surface area contributed by atoms with Crippen LogP contribution in [-0.4, -0.2) is 44.1 Å². The van der Waals surface area contributed by atoms with Gasteiger partial charge in [0.25, 0.3) is 0 Å². The second-order valence-electron chi connectivity index (χ2n) is 6.35. The van der Waals surface area contributed by atoms with Crippen LogP contribution in [0.3, 0.4) is 0 Å². The van der Waals surface area contributed by atoms with Crippen LogP contribution in [0.25, 0.3) is 0 Å². The SMILES string of the molecule is CC(C)[C@H](C(=O)NCc1nncn1C(C)C)N1CCCC1=O. The van der Waals surface area contributed by atoms with Crippen molar-refractivity contribution in [3.05, 3.63) is 12.2 Å². The van der Waals surface area contributed by atoms with Crippen molar-refractivity contribution < 1.29 is 9.59 Å². The van der Waals surface area contributed by atoms with E-state index in [2.05, 4.69) is 15.5 Å². The minimum atomic E-state index is -0.412. The number of hydrogen-bond donors (Lipinski definition) is 1. The van der Waals surface area contributed by atoms with Crippen molar-refractivity contribution >= 4 is 11.8 Å². The van der Waals surface area contributed by atoms with E-state index < -0.39 is 6.04 Å². The average molecular weight is 307 g/mol. The normalized spacial score (nSPS) is 16.6. The molecule has 0 saturated carbocycles. The zero-order valence-electron chi connectivity index (χ0n) is 13.7. The lowest BCUT2D eigenvalue weighted by atomic mass is 10.0. The van der Waals surface area contributed by atoms with Gasteiger partial charge in [-0.25, -0.2) is 0 Å². The Morgan fingerprint density at radius 2 is 2.09 bits per heavy atom. The van der Waals surface area contributed by atoms with Crippen molar-refractivity contribution in [3.8, 4) is 0 Å². The lowest BCUT2D eigenvalue weighted by Gasteiger charge is -2.29. The second-order valence-corrected chi connectivity index (χ2v) is 6.35. The third-order valence-electron chi connectivity index (χ3n) is 3.97. The molecule has 7 nitrogen and oxygen atoms in total. The number of aromatic nitrogens is 3. The van der Waals surface area contributed by atoms with Gasteiger partial charge in [-0.3, -0.25) is 9.59 Å². The van der Waals surface area contributed by atoms with Crippen molar-refractivity contribution in [1.82, 2.24) is 25.0 Å². The summed E-state index contributed by atoms with van der Waals surface area (Å²) < 4.78 is 1.92. The summed E-state index contributed by atoms with van der Waals surface area (Å²) in [5.41, 5.74) is 0. The molecule has 2 amide bonds. The van der Waals surface area contributed by atoms with Gasteiger partial charge in [0, 0.05) is 19.0 Å². The van der Waals surface area contributed by atoms with Crippen LogP contribution < -0.4 is 5.32 Å². The summed E-state index contributed by atoms with van der Waals surface area (Å²) in [6, 6.07) is -0.173. The molecule has 1 aliphatic rings. The molecule has 1 aromatic heterocycles. The Bertz CT molecular complexity index is 538. The minimum Gasteiger partial charge on any atom is -0.347 e. The number of rotatable bonds is 6. The van der Waals surface area contributed by atoms with Gasteiger partial charge >= 0.3 is 0 Å². The van der Waals surface area contributed by atoms with Gasteiger partial charge in [0.2, 0.25) is 11.8 Å². The minimum absolute atomic E-state index is 0.0687. The van der Waals surface area contributed by atoms with Crippen molar-refractivity contribution in [2.24, 2.45) is 5.92 Å². The fourth-order valence-electron chi connectivity index (χ4n) is 2.86. The van der Waals surface area contributed by atoms with Gasteiger partial charge in [0.15, 0.2) is 5.82 Å². The van der Waals surface area contributed by atoms with E-state index in [4.69, 9.17) is 0 Å². The van der Waals surface area contributed by atoms with Crippen LogP contribution in [-0.2, 0) is 16.1 Å². The molecule has 0 spiro atoms. The standard InChI is InChI=1S/C15H25N5O2/c1-10(2)14(19-7-5-6-13(19)21)15(22)16-8-12-18-17-9-20(12)11(3)4/h9-11,14H,5-8H2,1-4H3,(H,16,22)/t14-/m1/s1. The van der Waals surface area contributed by atoms with Crippen LogP contribution in [0.5, 0.6) is 0 Å². The van der Waals surface area contributed by atoms with Gasteiger partial charge in [0.05, 0.1) is 6.54 Å². The van der Waals surface area contributed by atoms with Crippen LogP contribution in [0.1, 0.15) is 52.4 Å². The van der Waals surface area contributed by atoms with Gasteiger partial charge < -0.3 is 14.8 Å². The predicted molar refractivity (Wildman–Crippen MR) is 81.8 cm³/mol. The molecule has 0 unspecified atom stereocenters. The van der Waals surface area contributed by atoms with Crippen LogP contribution in [0.4, 0.5) is 0 Å². The third-order valence-corrected chi connectivity index (χ3v) is 3.97. The van der Waals surface area contributed by atoms with Gasteiger partial charge in [-0.15, -0.1) is 10.2 Å². The van der Waals surface area contributed by atoms with E-state index in [9.17, 15) is 9.59 Å². The Morgan fingerprint density at radius 1 is 1.36 bits per heavy atom. The molecule has 1 N–H and O–H groups in total. The highest BCUT2D eigenvalue weighted by molar-refractivity contribution is 5.88. The molecular formula is C15H25N5O2. The number of nitrogens with one attached hydrogen (secondary N) is 1. The Balaban J connectivity index is 2.02. The van der Waals surface area contributed by atoms with Gasteiger partial charge in [-0.2, -0.15) is 0 Å².